The van der Waals surface area contributed by atoms with E-state index in [0.717, 1.165) is 11.3 Å². The van der Waals surface area contributed by atoms with Gasteiger partial charge in [-0.2, -0.15) is 0 Å². The second-order valence-corrected chi connectivity index (χ2v) is 7.11. The predicted molar refractivity (Wildman–Crippen MR) is 84.6 cm³/mol. The van der Waals surface area contributed by atoms with Crippen LogP contribution in [0.2, 0.25) is 5.02 Å². The highest BCUT2D eigenvalue weighted by molar-refractivity contribution is 7.91. The molecular weight excluding hydrogens is 310 g/mol. The normalized spacial score (nSPS) is 11.3. The van der Waals surface area contributed by atoms with Gasteiger partial charge in [0.25, 0.3) is 0 Å². The molecule has 0 radical (unpaired) electrons. The van der Waals surface area contributed by atoms with Crippen molar-refractivity contribution in [3.8, 4) is 5.75 Å². The lowest BCUT2D eigenvalue weighted by molar-refractivity contribution is 0.414. The zero-order valence-electron chi connectivity index (χ0n) is 11.5. The first-order valence-corrected chi connectivity index (χ1v) is 8.36. The molecule has 0 unspecified atom stereocenters. The van der Waals surface area contributed by atoms with Crippen LogP contribution in [0.3, 0.4) is 0 Å². The molecule has 4 nitrogen and oxygen atoms in total. The fourth-order valence-corrected chi connectivity index (χ4v) is 3.63. The number of halogens is 1. The molecule has 0 spiro atoms. The zero-order chi connectivity index (χ0) is 15.5. The van der Waals surface area contributed by atoms with Gasteiger partial charge in [0.05, 0.1) is 23.4 Å². The van der Waals surface area contributed by atoms with Gasteiger partial charge in [-0.3, -0.25) is 0 Å². The van der Waals surface area contributed by atoms with E-state index in [9.17, 15) is 8.42 Å². The summed E-state index contributed by atoms with van der Waals surface area (Å²) in [6, 6.07) is 11.7. The summed E-state index contributed by atoms with van der Waals surface area (Å²) in [5.74, 6) is 0.713. The lowest BCUT2D eigenvalue weighted by Crippen LogP contribution is -2.11. The van der Waals surface area contributed by atoms with Gasteiger partial charge in [-0.1, -0.05) is 23.7 Å². The van der Waals surface area contributed by atoms with Crippen molar-refractivity contribution in [1.82, 2.24) is 0 Å². The maximum absolute atomic E-state index is 12.3. The maximum atomic E-state index is 12.3. The Kier molecular flexibility index (Phi) is 4.75. The predicted octanol–water partition coefficient (Wildman–Crippen LogP) is 2.95. The third-order valence-corrected chi connectivity index (χ3v) is 5.13. The Morgan fingerprint density at radius 2 is 1.81 bits per heavy atom. The summed E-state index contributed by atoms with van der Waals surface area (Å²) in [5, 5.41) is 0.354. The molecule has 0 bridgehead atoms. The van der Waals surface area contributed by atoms with Gasteiger partial charge in [-0.25, -0.2) is 8.42 Å². The standard InChI is InChI=1S/C15H16ClNO3S/c1-20-13-5-2-11(3-6-13)8-9-21(18,19)15-10-12(16)4-7-14(15)17/h2-7,10H,8-9,17H2,1H3. The minimum Gasteiger partial charge on any atom is -0.497 e. The van der Waals surface area contributed by atoms with E-state index in [-0.39, 0.29) is 16.3 Å². The molecule has 0 heterocycles. The molecule has 2 N–H and O–H groups in total. The van der Waals surface area contributed by atoms with Crippen LogP contribution in [-0.4, -0.2) is 21.3 Å². The molecule has 0 aromatic heterocycles. The molecular formula is C15H16ClNO3S. The van der Waals surface area contributed by atoms with E-state index in [0.29, 0.717) is 11.4 Å². The van der Waals surface area contributed by atoms with Gasteiger partial charge in [-0.05, 0) is 42.3 Å². The summed E-state index contributed by atoms with van der Waals surface area (Å²) in [4.78, 5) is 0.0866. The summed E-state index contributed by atoms with van der Waals surface area (Å²) in [5.41, 5.74) is 6.86. The second kappa shape index (κ2) is 6.37. The lowest BCUT2D eigenvalue weighted by atomic mass is 10.2. The molecule has 6 heteroatoms. The maximum Gasteiger partial charge on any atom is 0.180 e. The first-order valence-electron chi connectivity index (χ1n) is 6.33. The van der Waals surface area contributed by atoms with Crippen LogP contribution in [0, 0.1) is 0 Å². The Balaban J connectivity index is 2.15. The van der Waals surface area contributed by atoms with Gasteiger partial charge in [-0.15, -0.1) is 0 Å². The number of rotatable bonds is 5. The molecule has 0 aliphatic rings. The van der Waals surface area contributed by atoms with Gasteiger partial charge < -0.3 is 10.5 Å². The molecule has 2 aromatic carbocycles. The third kappa shape index (κ3) is 3.89. The van der Waals surface area contributed by atoms with E-state index in [1.807, 2.05) is 12.1 Å². The molecule has 0 aliphatic heterocycles. The Morgan fingerprint density at radius 1 is 1.14 bits per heavy atom. The molecule has 0 atom stereocenters. The van der Waals surface area contributed by atoms with Crippen molar-refractivity contribution in [3.63, 3.8) is 0 Å². The van der Waals surface area contributed by atoms with Crippen molar-refractivity contribution in [2.24, 2.45) is 0 Å². The molecule has 2 aromatic rings. The minimum absolute atomic E-state index is 0.0239. The van der Waals surface area contributed by atoms with E-state index >= 15 is 0 Å². The van der Waals surface area contributed by atoms with Crippen molar-refractivity contribution in [1.29, 1.82) is 0 Å². The van der Waals surface area contributed by atoms with Crippen molar-refractivity contribution in [2.45, 2.75) is 11.3 Å². The molecule has 0 aliphatic carbocycles. The largest absolute Gasteiger partial charge is 0.497 e. The monoisotopic (exact) mass is 325 g/mol. The third-order valence-electron chi connectivity index (χ3n) is 3.13. The average Bonchev–Trinajstić information content (AvgIpc) is 2.48. The number of benzene rings is 2. The van der Waals surface area contributed by atoms with E-state index in [4.69, 9.17) is 22.1 Å². The van der Waals surface area contributed by atoms with Crippen LogP contribution in [0.4, 0.5) is 5.69 Å². The zero-order valence-corrected chi connectivity index (χ0v) is 13.1. The lowest BCUT2D eigenvalue weighted by Gasteiger charge is -2.08. The summed E-state index contributed by atoms with van der Waals surface area (Å²) >= 11 is 5.84. The highest BCUT2D eigenvalue weighted by Gasteiger charge is 2.18. The summed E-state index contributed by atoms with van der Waals surface area (Å²) < 4.78 is 29.7. The molecule has 0 saturated carbocycles. The number of sulfone groups is 1. The highest BCUT2D eigenvalue weighted by Crippen LogP contribution is 2.24. The average molecular weight is 326 g/mol. The number of aryl methyl sites for hydroxylation is 1. The molecule has 0 amide bonds. The van der Waals surface area contributed by atoms with E-state index < -0.39 is 9.84 Å². The number of ether oxygens (including phenoxy) is 1. The summed E-state index contributed by atoms with van der Waals surface area (Å²) in [6.45, 7) is 0. The number of methoxy groups -OCH3 is 1. The van der Waals surface area contributed by atoms with E-state index in [2.05, 4.69) is 0 Å². The van der Waals surface area contributed by atoms with E-state index in [1.165, 1.54) is 12.1 Å². The van der Waals surface area contributed by atoms with Crippen LogP contribution < -0.4 is 10.5 Å². The molecule has 0 saturated heterocycles. The summed E-state index contributed by atoms with van der Waals surface area (Å²) in [6.07, 6.45) is 0.401. The van der Waals surface area contributed by atoms with Gasteiger partial charge in [0.2, 0.25) is 0 Å². The van der Waals surface area contributed by atoms with Crippen molar-refractivity contribution in [3.05, 3.63) is 53.1 Å². The number of hydrogen-bond acceptors (Lipinski definition) is 4. The fraction of sp³-hybridized carbons (Fsp3) is 0.200. The van der Waals surface area contributed by atoms with Crippen LogP contribution in [-0.2, 0) is 16.3 Å². The van der Waals surface area contributed by atoms with Crippen LogP contribution in [0.1, 0.15) is 5.56 Å². The van der Waals surface area contributed by atoms with Crippen molar-refractivity contribution in [2.75, 3.05) is 18.6 Å². The summed E-state index contributed by atoms with van der Waals surface area (Å²) in [7, 11) is -1.88. The number of anilines is 1. The first-order chi connectivity index (χ1) is 9.92. The van der Waals surface area contributed by atoms with Gasteiger partial charge in [0.15, 0.2) is 9.84 Å². The fourth-order valence-electron chi connectivity index (χ4n) is 1.93. The van der Waals surface area contributed by atoms with Gasteiger partial charge >= 0.3 is 0 Å². The minimum atomic E-state index is -3.47. The molecule has 0 fully saturated rings. The Morgan fingerprint density at radius 3 is 2.43 bits per heavy atom. The topological polar surface area (TPSA) is 69.4 Å². The number of nitrogen functional groups attached to an aromatic ring is 1. The van der Waals surface area contributed by atoms with Gasteiger partial charge in [0, 0.05) is 5.02 Å². The Labute approximate surface area is 129 Å². The molecule has 2 rings (SSSR count). The smallest absolute Gasteiger partial charge is 0.180 e. The molecule has 112 valence electrons. The number of nitrogens with two attached hydrogens (primary N) is 1. The molecule has 21 heavy (non-hydrogen) atoms. The van der Waals surface area contributed by atoms with Crippen molar-refractivity contribution >= 4 is 27.1 Å². The van der Waals surface area contributed by atoms with Crippen LogP contribution >= 0.6 is 11.6 Å². The van der Waals surface area contributed by atoms with Crippen LogP contribution in [0.25, 0.3) is 0 Å². The first kappa shape index (κ1) is 15.7. The van der Waals surface area contributed by atoms with Crippen LogP contribution in [0.15, 0.2) is 47.4 Å². The number of hydrogen-bond donors (Lipinski definition) is 1. The quantitative estimate of drug-likeness (QED) is 0.858. The van der Waals surface area contributed by atoms with Crippen molar-refractivity contribution < 1.29 is 13.2 Å². The van der Waals surface area contributed by atoms with Gasteiger partial charge in [0.1, 0.15) is 5.75 Å². The second-order valence-electron chi connectivity index (χ2n) is 4.60. The SMILES string of the molecule is COc1ccc(CCS(=O)(=O)c2cc(Cl)ccc2N)cc1. The Bertz CT molecular complexity index is 727. The van der Waals surface area contributed by atoms with E-state index in [1.54, 1.807) is 25.3 Å². The van der Waals surface area contributed by atoms with Crippen LogP contribution in [0.5, 0.6) is 5.75 Å². The highest BCUT2D eigenvalue weighted by atomic mass is 35.5. The Hall–Kier alpha value is -1.72.